The molecule has 0 saturated heterocycles. The molecule has 3 rings (SSSR count). The smallest absolute Gasteiger partial charge is 0.252 e. The lowest BCUT2D eigenvalue weighted by atomic mass is 10.2. The standard InChI is InChI=1S/C15H14N4OS/c1-19(15-10(14(16)20)5-4-8-17-15)9-13-18-11-6-2-3-7-12(11)21-13/h2-8H,9H2,1H3,(H2,16,20). The Morgan fingerprint density at radius 2 is 2.10 bits per heavy atom. The van der Waals surface area contributed by atoms with Crippen molar-refractivity contribution in [3.05, 3.63) is 53.2 Å². The minimum Gasteiger partial charge on any atom is -0.365 e. The van der Waals surface area contributed by atoms with Gasteiger partial charge < -0.3 is 10.6 Å². The highest BCUT2D eigenvalue weighted by molar-refractivity contribution is 7.18. The number of hydrogen-bond acceptors (Lipinski definition) is 5. The molecule has 0 saturated carbocycles. The maximum atomic E-state index is 11.5. The average molecular weight is 298 g/mol. The van der Waals surface area contributed by atoms with Crippen molar-refractivity contribution in [2.75, 3.05) is 11.9 Å². The van der Waals surface area contributed by atoms with Crippen molar-refractivity contribution < 1.29 is 4.79 Å². The normalized spacial score (nSPS) is 10.7. The summed E-state index contributed by atoms with van der Waals surface area (Å²) in [5, 5.41) is 0.972. The topological polar surface area (TPSA) is 72.1 Å². The number of pyridine rings is 1. The van der Waals surface area contributed by atoms with Crippen LogP contribution >= 0.6 is 11.3 Å². The van der Waals surface area contributed by atoms with E-state index in [2.05, 4.69) is 9.97 Å². The maximum absolute atomic E-state index is 11.5. The second-order valence-corrected chi connectivity index (χ2v) is 5.79. The number of primary amides is 1. The van der Waals surface area contributed by atoms with Crippen LogP contribution in [0.2, 0.25) is 0 Å². The van der Waals surface area contributed by atoms with Gasteiger partial charge in [0.2, 0.25) is 0 Å². The van der Waals surface area contributed by atoms with E-state index in [1.807, 2.05) is 36.2 Å². The zero-order chi connectivity index (χ0) is 14.8. The number of hydrogen-bond donors (Lipinski definition) is 1. The summed E-state index contributed by atoms with van der Waals surface area (Å²) in [6.45, 7) is 0.580. The van der Waals surface area contributed by atoms with E-state index >= 15 is 0 Å². The van der Waals surface area contributed by atoms with Crippen LogP contribution in [0.3, 0.4) is 0 Å². The van der Waals surface area contributed by atoms with E-state index in [9.17, 15) is 4.79 Å². The van der Waals surface area contributed by atoms with Gasteiger partial charge in [0.1, 0.15) is 10.8 Å². The number of nitrogens with zero attached hydrogens (tertiary/aromatic N) is 3. The van der Waals surface area contributed by atoms with Gasteiger partial charge in [-0.05, 0) is 24.3 Å². The number of anilines is 1. The molecule has 2 N–H and O–H groups in total. The summed E-state index contributed by atoms with van der Waals surface area (Å²) in [5.41, 5.74) is 6.79. The van der Waals surface area contributed by atoms with E-state index in [-0.39, 0.29) is 0 Å². The number of amides is 1. The van der Waals surface area contributed by atoms with Gasteiger partial charge in [0.25, 0.3) is 5.91 Å². The number of carbonyl (C=O) groups is 1. The third-order valence-electron chi connectivity index (χ3n) is 3.12. The fraction of sp³-hybridized carbons (Fsp3) is 0.133. The molecule has 0 aliphatic rings. The van der Waals surface area contributed by atoms with Crippen molar-refractivity contribution in [2.24, 2.45) is 5.73 Å². The van der Waals surface area contributed by atoms with Gasteiger partial charge in [-0.25, -0.2) is 9.97 Å². The van der Waals surface area contributed by atoms with E-state index < -0.39 is 5.91 Å². The van der Waals surface area contributed by atoms with Crippen LogP contribution in [0.5, 0.6) is 0 Å². The first-order chi connectivity index (χ1) is 10.1. The summed E-state index contributed by atoms with van der Waals surface area (Å²) in [6, 6.07) is 11.4. The summed E-state index contributed by atoms with van der Waals surface area (Å²) >= 11 is 1.64. The SMILES string of the molecule is CN(Cc1nc2ccccc2s1)c1ncccc1C(N)=O. The van der Waals surface area contributed by atoms with Crippen molar-refractivity contribution >= 4 is 33.3 Å². The molecule has 0 spiro atoms. The van der Waals surface area contributed by atoms with Gasteiger partial charge in [0.15, 0.2) is 0 Å². The largest absolute Gasteiger partial charge is 0.365 e. The third-order valence-corrected chi connectivity index (χ3v) is 4.15. The van der Waals surface area contributed by atoms with Gasteiger partial charge in [-0.3, -0.25) is 4.79 Å². The van der Waals surface area contributed by atoms with E-state index in [1.54, 1.807) is 29.7 Å². The first-order valence-corrected chi connectivity index (χ1v) is 7.27. The maximum Gasteiger partial charge on any atom is 0.252 e. The fourth-order valence-corrected chi connectivity index (χ4v) is 3.18. The Morgan fingerprint density at radius 3 is 2.86 bits per heavy atom. The molecule has 1 aromatic carbocycles. The molecule has 3 aromatic rings. The third kappa shape index (κ3) is 2.71. The Hall–Kier alpha value is -2.47. The molecular formula is C15H14N4OS. The molecular weight excluding hydrogens is 284 g/mol. The average Bonchev–Trinajstić information content (AvgIpc) is 2.89. The predicted molar refractivity (Wildman–Crippen MR) is 84.5 cm³/mol. The molecule has 0 radical (unpaired) electrons. The van der Waals surface area contributed by atoms with Crippen LogP contribution in [0.1, 0.15) is 15.4 Å². The van der Waals surface area contributed by atoms with Crippen molar-refractivity contribution in [2.45, 2.75) is 6.54 Å². The fourth-order valence-electron chi connectivity index (χ4n) is 2.16. The van der Waals surface area contributed by atoms with E-state index in [4.69, 9.17) is 5.73 Å². The van der Waals surface area contributed by atoms with Gasteiger partial charge in [0, 0.05) is 13.2 Å². The number of thiazole rings is 1. The molecule has 0 fully saturated rings. The molecule has 106 valence electrons. The number of rotatable bonds is 4. The summed E-state index contributed by atoms with van der Waals surface area (Å²) in [4.78, 5) is 22.2. The van der Waals surface area contributed by atoms with Gasteiger partial charge in [0.05, 0.1) is 22.3 Å². The molecule has 2 aromatic heterocycles. The first-order valence-electron chi connectivity index (χ1n) is 6.45. The lowest BCUT2D eigenvalue weighted by Gasteiger charge is -2.18. The Kier molecular flexibility index (Phi) is 3.53. The summed E-state index contributed by atoms with van der Waals surface area (Å²) in [6.07, 6.45) is 1.65. The summed E-state index contributed by atoms with van der Waals surface area (Å²) in [5.74, 6) is 0.0958. The molecule has 0 unspecified atom stereocenters. The van der Waals surface area contributed by atoms with Crippen LogP contribution < -0.4 is 10.6 Å². The second-order valence-electron chi connectivity index (χ2n) is 4.67. The van der Waals surface area contributed by atoms with E-state index in [1.165, 1.54) is 0 Å². The van der Waals surface area contributed by atoms with Gasteiger partial charge in [-0.2, -0.15) is 0 Å². The first kappa shape index (κ1) is 13.5. The number of carbonyl (C=O) groups excluding carboxylic acids is 1. The summed E-state index contributed by atoms with van der Waals surface area (Å²) in [7, 11) is 1.88. The number of benzene rings is 1. The molecule has 1 amide bonds. The van der Waals surface area contributed by atoms with Gasteiger partial charge in [-0.1, -0.05) is 12.1 Å². The molecule has 0 atom stereocenters. The molecule has 0 aliphatic carbocycles. The molecule has 2 heterocycles. The van der Waals surface area contributed by atoms with Crippen molar-refractivity contribution in [3.8, 4) is 0 Å². The van der Waals surface area contributed by atoms with Crippen LogP contribution in [0.15, 0.2) is 42.6 Å². The van der Waals surface area contributed by atoms with Gasteiger partial charge in [-0.15, -0.1) is 11.3 Å². The molecule has 6 heteroatoms. The second kappa shape index (κ2) is 5.49. The Balaban J connectivity index is 1.89. The van der Waals surface area contributed by atoms with Crippen LogP contribution in [0.4, 0.5) is 5.82 Å². The van der Waals surface area contributed by atoms with E-state index in [0.29, 0.717) is 17.9 Å². The van der Waals surface area contributed by atoms with Crippen LogP contribution in [0, 0.1) is 0 Å². The Labute approximate surface area is 126 Å². The minimum absolute atomic E-state index is 0.418. The predicted octanol–water partition coefficient (Wildman–Crippen LogP) is 2.43. The number of nitrogens with two attached hydrogens (primary N) is 1. The lowest BCUT2D eigenvalue weighted by Crippen LogP contribution is -2.23. The van der Waals surface area contributed by atoms with Gasteiger partial charge >= 0.3 is 0 Å². The molecule has 0 bridgehead atoms. The quantitative estimate of drug-likeness (QED) is 0.803. The number of aromatic nitrogens is 2. The monoisotopic (exact) mass is 298 g/mol. The van der Waals surface area contributed by atoms with Crippen LogP contribution in [-0.4, -0.2) is 22.9 Å². The number of para-hydroxylation sites is 1. The molecule has 0 aliphatic heterocycles. The van der Waals surface area contributed by atoms with E-state index in [0.717, 1.165) is 15.2 Å². The zero-order valence-electron chi connectivity index (χ0n) is 11.5. The summed E-state index contributed by atoms with van der Waals surface area (Å²) < 4.78 is 1.15. The highest BCUT2D eigenvalue weighted by Crippen LogP contribution is 2.24. The van der Waals surface area contributed by atoms with Crippen molar-refractivity contribution in [3.63, 3.8) is 0 Å². The van der Waals surface area contributed by atoms with Crippen molar-refractivity contribution in [1.82, 2.24) is 9.97 Å². The molecule has 5 nitrogen and oxygen atoms in total. The highest BCUT2D eigenvalue weighted by atomic mass is 32.1. The van der Waals surface area contributed by atoms with Crippen LogP contribution in [-0.2, 0) is 6.54 Å². The Bertz CT molecular complexity index is 766. The number of fused-ring (bicyclic) bond motifs is 1. The molecule has 21 heavy (non-hydrogen) atoms. The minimum atomic E-state index is -0.478. The van der Waals surface area contributed by atoms with Crippen molar-refractivity contribution in [1.29, 1.82) is 0 Å². The van der Waals surface area contributed by atoms with Crippen LogP contribution in [0.25, 0.3) is 10.2 Å². The highest BCUT2D eigenvalue weighted by Gasteiger charge is 2.14. The zero-order valence-corrected chi connectivity index (χ0v) is 12.3. The lowest BCUT2D eigenvalue weighted by molar-refractivity contribution is 0.100. The Morgan fingerprint density at radius 1 is 1.29 bits per heavy atom.